The summed E-state index contributed by atoms with van der Waals surface area (Å²) in [6.45, 7) is 0. The molecular weight excluding hydrogens is 372 g/mol. The van der Waals surface area contributed by atoms with E-state index in [4.69, 9.17) is 11.6 Å². The second-order valence-electron chi connectivity index (χ2n) is 5.94. The van der Waals surface area contributed by atoms with Crippen LogP contribution in [0.15, 0.2) is 48.5 Å². The van der Waals surface area contributed by atoms with Gasteiger partial charge in [0.1, 0.15) is 23.2 Å². The number of benzene rings is 2. The van der Waals surface area contributed by atoms with Crippen molar-refractivity contribution in [2.75, 3.05) is 5.32 Å². The van der Waals surface area contributed by atoms with E-state index in [1.54, 1.807) is 30.3 Å². The van der Waals surface area contributed by atoms with E-state index < -0.39 is 18.0 Å². The molecule has 0 spiro atoms. The normalized spacial score (nSPS) is 11.9. The Balaban J connectivity index is 1.98. The Labute approximate surface area is 158 Å². The summed E-state index contributed by atoms with van der Waals surface area (Å²) in [5.41, 5.74) is 0.902. The molecule has 4 N–H and O–H groups in total. The summed E-state index contributed by atoms with van der Waals surface area (Å²) in [6.07, 6.45) is 0.0309. The fourth-order valence-electron chi connectivity index (χ4n) is 2.70. The van der Waals surface area contributed by atoms with Crippen molar-refractivity contribution >= 4 is 40.3 Å². The van der Waals surface area contributed by atoms with Crippen molar-refractivity contribution < 1.29 is 24.9 Å². The number of carboxylic acid groups (broad SMARTS) is 2. The van der Waals surface area contributed by atoms with Gasteiger partial charge in [0.05, 0.1) is 5.52 Å². The molecule has 1 atom stereocenters. The number of nitrogens with zero attached hydrogens (tertiary/aromatic N) is 1. The quantitative estimate of drug-likeness (QED) is 0.512. The monoisotopic (exact) mass is 386 g/mol. The number of aromatic nitrogens is 1. The Morgan fingerprint density at radius 3 is 2.56 bits per heavy atom. The molecule has 2 aromatic carbocycles. The molecule has 0 fully saturated rings. The smallest absolute Gasteiger partial charge is 0.339 e. The number of aromatic carboxylic acids is 1. The summed E-state index contributed by atoms with van der Waals surface area (Å²) in [5, 5.41) is 32.2. The van der Waals surface area contributed by atoms with Crippen LogP contribution < -0.4 is 5.32 Å². The van der Waals surface area contributed by atoms with Gasteiger partial charge in [0.15, 0.2) is 0 Å². The highest BCUT2D eigenvalue weighted by molar-refractivity contribution is 6.31. The first kappa shape index (κ1) is 18.5. The van der Waals surface area contributed by atoms with E-state index in [1.165, 1.54) is 18.2 Å². The molecule has 138 valence electrons. The predicted molar refractivity (Wildman–Crippen MR) is 101 cm³/mol. The molecule has 3 aromatic rings. The van der Waals surface area contributed by atoms with Crippen LogP contribution >= 0.6 is 11.6 Å². The largest absolute Gasteiger partial charge is 0.508 e. The molecule has 0 aliphatic heterocycles. The van der Waals surface area contributed by atoms with Gasteiger partial charge in [-0.2, -0.15) is 0 Å². The summed E-state index contributed by atoms with van der Waals surface area (Å²) in [4.78, 5) is 27.5. The molecule has 0 aliphatic carbocycles. The average Bonchev–Trinajstić information content (AvgIpc) is 2.60. The fourth-order valence-corrected chi connectivity index (χ4v) is 2.89. The Hall–Kier alpha value is -3.32. The summed E-state index contributed by atoms with van der Waals surface area (Å²) in [6, 6.07) is 11.3. The predicted octanol–water partition coefficient (Wildman–Crippen LogP) is 3.40. The average molecular weight is 387 g/mol. The zero-order chi connectivity index (χ0) is 19.6. The van der Waals surface area contributed by atoms with Crippen LogP contribution in [0.2, 0.25) is 5.02 Å². The maximum atomic E-state index is 11.7. The fraction of sp³-hybridized carbons (Fsp3) is 0.105. The lowest BCUT2D eigenvalue weighted by molar-refractivity contribution is -0.137. The number of aromatic hydroxyl groups is 1. The van der Waals surface area contributed by atoms with Crippen molar-refractivity contribution in [2.24, 2.45) is 0 Å². The number of aliphatic carboxylic acids is 1. The molecule has 0 amide bonds. The minimum atomic E-state index is -1.24. The number of pyridine rings is 1. The van der Waals surface area contributed by atoms with Gasteiger partial charge >= 0.3 is 11.9 Å². The number of fused-ring (bicyclic) bond motifs is 1. The van der Waals surface area contributed by atoms with Crippen LogP contribution in [-0.2, 0) is 11.2 Å². The van der Waals surface area contributed by atoms with Crippen molar-refractivity contribution in [1.82, 2.24) is 4.98 Å². The third kappa shape index (κ3) is 4.27. The number of rotatable bonds is 6. The molecule has 1 unspecified atom stereocenters. The van der Waals surface area contributed by atoms with Crippen LogP contribution in [0, 0.1) is 0 Å². The maximum Gasteiger partial charge on any atom is 0.339 e. The number of hydrogen-bond donors (Lipinski definition) is 4. The molecular formula is C19H15ClN2O5. The second kappa shape index (κ2) is 7.51. The van der Waals surface area contributed by atoms with E-state index >= 15 is 0 Å². The van der Waals surface area contributed by atoms with E-state index in [1.807, 2.05) is 0 Å². The highest BCUT2D eigenvalue weighted by atomic mass is 35.5. The Morgan fingerprint density at radius 2 is 1.89 bits per heavy atom. The SMILES string of the molecule is O=C(O)c1cc2cc(Cl)ccc2nc1NC(Cc1cccc(O)c1)C(=O)O. The highest BCUT2D eigenvalue weighted by Gasteiger charge is 2.22. The zero-order valence-electron chi connectivity index (χ0n) is 13.9. The van der Waals surface area contributed by atoms with Crippen LogP contribution in [-0.4, -0.2) is 38.3 Å². The van der Waals surface area contributed by atoms with E-state index in [0.29, 0.717) is 21.5 Å². The summed E-state index contributed by atoms with van der Waals surface area (Å²) >= 11 is 5.93. The molecule has 0 saturated carbocycles. The molecule has 0 aliphatic rings. The van der Waals surface area contributed by atoms with Crippen LogP contribution in [0.1, 0.15) is 15.9 Å². The lowest BCUT2D eigenvalue weighted by atomic mass is 10.0. The zero-order valence-corrected chi connectivity index (χ0v) is 14.6. The minimum absolute atomic E-state index is 0.0172. The maximum absolute atomic E-state index is 11.7. The van der Waals surface area contributed by atoms with Crippen LogP contribution in [0.3, 0.4) is 0 Å². The molecule has 1 aromatic heterocycles. The van der Waals surface area contributed by atoms with Gasteiger partial charge in [0.2, 0.25) is 0 Å². The number of carboxylic acids is 2. The number of phenols is 1. The number of halogens is 1. The van der Waals surface area contributed by atoms with Crippen LogP contribution in [0.5, 0.6) is 5.75 Å². The number of anilines is 1. The van der Waals surface area contributed by atoms with E-state index in [-0.39, 0.29) is 23.6 Å². The van der Waals surface area contributed by atoms with Gasteiger partial charge in [0.25, 0.3) is 0 Å². The Kier molecular flexibility index (Phi) is 5.14. The molecule has 3 rings (SSSR count). The molecule has 0 bridgehead atoms. The first-order chi connectivity index (χ1) is 12.8. The second-order valence-corrected chi connectivity index (χ2v) is 6.37. The van der Waals surface area contributed by atoms with Crippen molar-refractivity contribution in [2.45, 2.75) is 12.5 Å². The van der Waals surface area contributed by atoms with Crippen molar-refractivity contribution in [3.8, 4) is 5.75 Å². The molecule has 0 saturated heterocycles. The van der Waals surface area contributed by atoms with E-state index in [2.05, 4.69) is 10.3 Å². The number of nitrogens with one attached hydrogen (secondary N) is 1. The Morgan fingerprint density at radius 1 is 1.11 bits per heavy atom. The number of carbonyl (C=O) groups is 2. The van der Waals surface area contributed by atoms with Gasteiger partial charge < -0.3 is 20.6 Å². The van der Waals surface area contributed by atoms with Crippen molar-refractivity contribution in [3.63, 3.8) is 0 Å². The third-order valence-electron chi connectivity index (χ3n) is 3.97. The molecule has 7 nitrogen and oxygen atoms in total. The lowest BCUT2D eigenvalue weighted by Crippen LogP contribution is -2.32. The lowest BCUT2D eigenvalue weighted by Gasteiger charge is -2.17. The third-order valence-corrected chi connectivity index (χ3v) is 4.20. The first-order valence-electron chi connectivity index (χ1n) is 7.94. The minimum Gasteiger partial charge on any atom is -0.508 e. The first-order valence-corrected chi connectivity index (χ1v) is 8.32. The topological polar surface area (TPSA) is 120 Å². The van der Waals surface area contributed by atoms with E-state index in [9.17, 15) is 24.9 Å². The number of hydrogen-bond acceptors (Lipinski definition) is 5. The molecule has 27 heavy (non-hydrogen) atoms. The van der Waals surface area contributed by atoms with Crippen molar-refractivity contribution in [3.05, 3.63) is 64.7 Å². The van der Waals surface area contributed by atoms with E-state index in [0.717, 1.165) is 0 Å². The van der Waals surface area contributed by atoms with Crippen LogP contribution in [0.4, 0.5) is 5.82 Å². The van der Waals surface area contributed by atoms with Gasteiger partial charge in [-0.3, -0.25) is 0 Å². The van der Waals surface area contributed by atoms with Gasteiger partial charge in [-0.05, 0) is 42.0 Å². The summed E-state index contributed by atoms with van der Waals surface area (Å²) in [7, 11) is 0. The molecule has 1 heterocycles. The Bertz CT molecular complexity index is 1040. The summed E-state index contributed by atoms with van der Waals surface area (Å²) < 4.78 is 0. The molecule has 0 radical (unpaired) electrons. The molecule has 8 heteroatoms. The van der Waals surface area contributed by atoms with Gasteiger partial charge in [-0.25, -0.2) is 14.6 Å². The van der Waals surface area contributed by atoms with Gasteiger partial charge in [0, 0.05) is 16.8 Å². The van der Waals surface area contributed by atoms with Gasteiger partial charge in [-0.15, -0.1) is 0 Å². The van der Waals surface area contributed by atoms with Crippen LogP contribution in [0.25, 0.3) is 10.9 Å². The van der Waals surface area contributed by atoms with Gasteiger partial charge in [-0.1, -0.05) is 23.7 Å². The standard InChI is InChI=1S/C19H15ClN2O5/c20-12-4-5-15-11(8-12)9-14(18(24)25)17(21-15)22-16(19(26)27)7-10-2-1-3-13(23)6-10/h1-6,8-9,16,23H,7H2,(H,21,22)(H,24,25)(H,26,27). The highest BCUT2D eigenvalue weighted by Crippen LogP contribution is 2.25. The van der Waals surface area contributed by atoms with Crippen molar-refractivity contribution in [1.29, 1.82) is 0 Å². The summed E-state index contributed by atoms with van der Waals surface area (Å²) in [5.74, 6) is -2.45. The number of phenolic OH excluding ortho intramolecular Hbond substituents is 1.